The molecule has 0 aromatic rings. The van der Waals surface area contributed by atoms with Crippen LogP contribution in [0.2, 0.25) is 0 Å². The lowest BCUT2D eigenvalue weighted by Gasteiger charge is -2.35. The number of carbonyl (C=O) groups is 1. The minimum atomic E-state index is 0.103. The molecule has 4 heteroatoms. The van der Waals surface area contributed by atoms with Gasteiger partial charge in [-0.1, -0.05) is 13.8 Å². The molecule has 4 nitrogen and oxygen atoms in total. The topological polar surface area (TPSA) is 36.8 Å². The molecule has 0 saturated carbocycles. The molecule has 2 rings (SSSR count). The Morgan fingerprint density at radius 3 is 2.53 bits per heavy atom. The van der Waals surface area contributed by atoms with E-state index in [4.69, 9.17) is 0 Å². The zero-order valence-corrected chi connectivity index (χ0v) is 11.2. The molecule has 1 aliphatic heterocycles. The maximum atomic E-state index is 11.6. The van der Waals surface area contributed by atoms with Crippen molar-refractivity contribution >= 4 is 5.78 Å². The third-order valence-electron chi connectivity index (χ3n) is 3.58. The van der Waals surface area contributed by atoms with Crippen molar-refractivity contribution in [2.45, 2.75) is 26.7 Å². The van der Waals surface area contributed by atoms with Crippen LogP contribution in [0.3, 0.4) is 0 Å². The maximum absolute atomic E-state index is 11.6. The molecule has 1 saturated heterocycles. The number of allylic oxidation sites excluding steroid dienone is 2. The summed E-state index contributed by atoms with van der Waals surface area (Å²) in [7, 11) is 2.23. The van der Waals surface area contributed by atoms with E-state index in [-0.39, 0.29) is 11.2 Å². The molecule has 0 aromatic heterocycles. The Kier molecular flexibility index (Phi) is 3.54. The van der Waals surface area contributed by atoms with Crippen molar-refractivity contribution < 1.29 is 9.69 Å². The minimum absolute atomic E-state index is 0.103. The number of ketones is 1. The van der Waals surface area contributed by atoms with E-state index in [0.717, 1.165) is 38.3 Å². The van der Waals surface area contributed by atoms with Crippen LogP contribution in [0, 0.1) is 5.41 Å². The van der Waals surface area contributed by atoms with Gasteiger partial charge in [0.2, 0.25) is 0 Å². The van der Waals surface area contributed by atoms with Crippen molar-refractivity contribution in [2.24, 2.45) is 5.41 Å². The highest BCUT2D eigenvalue weighted by molar-refractivity contribution is 5.91. The Morgan fingerprint density at radius 1 is 1.29 bits per heavy atom. The average Bonchev–Trinajstić information content (AvgIpc) is 2.18. The van der Waals surface area contributed by atoms with E-state index in [0.29, 0.717) is 6.42 Å². The van der Waals surface area contributed by atoms with Crippen LogP contribution in [-0.2, 0) is 4.79 Å². The quantitative estimate of drug-likeness (QED) is 0.687. The summed E-state index contributed by atoms with van der Waals surface area (Å²) in [5, 5.41) is 2.24. The summed E-state index contributed by atoms with van der Waals surface area (Å²) in [6, 6.07) is 0. The number of nitrogens with one attached hydrogen (secondary N) is 2. The molecule has 0 unspecified atom stereocenters. The maximum Gasteiger partial charge on any atom is 0.158 e. The number of likely N-dealkylation sites (N-methyl/N-ethyl adjacent to an activating group) is 1. The van der Waals surface area contributed by atoms with Crippen molar-refractivity contribution in [3.05, 3.63) is 11.8 Å². The first-order chi connectivity index (χ1) is 7.94. The highest BCUT2D eigenvalue weighted by Crippen LogP contribution is 2.32. The average molecular weight is 238 g/mol. The van der Waals surface area contributed by atoms with Crippen molar-refractivity contribution in [3.63, 3.8) is 0 Å². The fourth-order valence-corrected chi connectivity index (χ4v) is 2.62. The molecule has 2 N–H and O–H groups in total. The summed E-state index contributed by atoms with van der Waals surface area (Å²) in [6.07, 6.45) is 3.43. The monoisotopic (exact) mass is 238 g/mol. The van der Waals surface area contributed by atoms with Gasteiger partial charge in [0.1, 0.15) is 0 Å². The van der Waals surface area contributed by atoms with E-state index in [1.165, 1.54) is 0 Å². The zero-order chi connectivity index (χ0) is 12.5. The molecule has 0 aromatic carbocycles. The molecule has 0 amide bonds. The lowest BCUT2D eigenvalue weighted by molar-refractivity contribution is -0.884. The third-order valence-corrected chi connectivity index (χ3v) is 3.58. The Labute approximate surface area is 104 Å². The summed E-state index contributed by atoms with van der Waals surface area (Å²) >= 11 is 0. The molecular weight excluding hydrogens is 214 g/mol. The first-order valence-electron chi connectivity index (χ1n) is 6.51. The Morgan fingerprint density at radius 2 is 1.94 bits per heavy atom. The molecule has 0 atom stereocenters. The van der Waals surface area contributed by atoms with E-state index >= 15 is 0 Å². The van der Waals surface area contributed by atoms with Gasteiger partial charge in [-0.15, -0.1) is 0 Å². The molecule has 1 aliphatic carbocycles. The second-order valence-corrected chi connectivity index (χ2v) is 6.21. The molecule has 17 heavy (non-hydrogen) atoms. The minimum Gasteiger partial charge on any atom is -0.335 e. The van der Waals surface area contributed by atoms with Crippen molar-refractivity contribution in [1.82, 2.24) is 10.4 Å². The first-order valence-corrected chi connectivity index (χ1v) is 6.51. The number of piperazine rings is 1. The first kappa shape index (κ1) is 12.6. The smallest absolute Gasteiger partial charge is 0.158 e. The molecule has 96 valence electrons. The number of hydrogen-bond donors (Lipinski definition) is 2. The van der Waals surface area contributed by atoms with E-state index in [2.05, 4.69) is 31.3 Å². The van der Waals surface area contributed by atoms with Gasteiger partial charge in [-0.25, -0.2) is 5.01 Å². The number of carbonyl (C=O) groups excluding carboxylic acids is 1. The highest BCUT2D eigenvalue weighted by Gasteiger charge is 2.28. The van der Waals surface area contributed by atoms with Crippen molar-refractivity contribution in [1.29, 1.82) is 0 Å². The van der Waals surface area contributed by atoms with Gasteiger partial charge in [-0.05, 0) is 11.8 Å². The van der Waals surface area contributed by atoms with Crippen LogP contribution in [0.1, 0.15) is 26.7 Å². The second-order valence-electron chi connectivity index (χ2n) is 6.21. The van der Waals surface area contributed by atoms with Crippen molar-refractivity contribution in [3.8, 4) is 0 Å². The van der Waals surface area contributed by atoms with Gasteiger partial charge in [-0.2, -0.15) is 0 Å². The second kappa shape index (κ2) is 4.78. The van der Waals surface area contributed by atoms with Gasteiger partial charge < -0.3 is 10.3 Å². The number of hydrogen-bond acceptors (Lipinski definition) is 3. The summed E-state index contributed by atoms with van der Waals surface area (Å²) in [4.78, 5) is 13.2. The largest absolute Gasteiger partial charge is 0.335 e. The van der Waals surface area contributed by atoms with E-state index < -0.39 is 0 Å². The predicted molar refractivity (Wildman–Crippen MR) is 67.4 cm³/mol. The van der Waals surface area contributed by atoms with Crippen molar-refractivity contribution in [2.75, 3.05) is 33.2 Å². The summed E-state index contributed by atoms with van der Waals surface area (Å²) in [6.45, 7) is 8.76. The highest BCUT2D eigenvalue weighted by atomic mass is 16.1. The van der Waals surface area contributed by atoms with Crippen LogP contribution in [0.5, 0.6) is 0 Å². The van der Waals surface area contributed by atoms with Crippen LogP contribution in [0.25, 0.3) is 0 Å². The van der Waals surface area contributed by atoms with Gasteiger partial charge in [0.15, 0.2) is 5.78 Å². The lowest BCUT2D eigenvalue weighted by atomic mass is 9.79. The van der Waals surface area contributed by atoms with Crippen LogP contribution in [0.15, 0.2) is 11.8 Å². The fraction of sp³-hybridized carbons (Fsp3) is 0.769. The van der Waals surface area contributed by atoms with E-state index in [1.54, 1.807) is 11.0 Å². The van der Waals surface area contributed by atoms with Gasteiger partial charge >= 0.3 is 0 Å². The third kappa shape index (κ3) is 3.54. The number of quaternary nitrogens is 1. The number of hydrazine groups is 1. The molecular formula is C13H24N3O+. The molecule has 0 radical (unpaired) electrons. The number of nitrogens with zero attached hydrogens (tertiary/aromatic N) is 1. The van der Waals surface area contributed by atoms with Crippen LogP contribution in [-0.4, -0.2) is 44.0 Å². The van der Waals surface area contributed by atoms with Gasteiger partial charge in [-0.3, -0.25) is 4.79 Å². The van der Waals surface area contributed by atoms with Crippen LogP contribution >= 0.6 is 0 Å². The lowest BCUT2D eigenvalue weighted by Crippen LogP contribution is -3.12. The molecule has 1 heterocycles. The summed E-state index contributed by atoms with van der Waals surface area (Å²) in [5.41, 5.74) is 4.62. The summed E-state index contributed by atoms with van der Waals surface area (Å²) < 4.78 is 0. The zero-order valence-electron chi connectivity index (χ0n) is 11.2. The Bertz CT molecular complexity index is 328. The molecule has 0 spiro atoms. The van der Waals surface area contributed by atoms with Gasteiger partial charge in [0.25, 0.3) is 0 Å². The standard InChI is InChI=1S/C13H23N3O/c1-13(2)9-11(8-12(17)10-13)14-16-6-4-15(3)5-7-16/h8,14H,4-7,9-10H2,1-3H3/p+1. The number of rotatable bonds is 2. The van der Waals surface area contributed by atoms with Crippen LogP contribution < -0.4 is 10.3 Å². The Balaban J connectivity index is 1.92. The Hall–Kier alpha value is -0.870. The normalized spacial score (nSPS) is 26.8. The fourth-order valence-electron chi connectivity index (χ4n) is 2.62. The van der Waals surface area contributed by atoms with E-state index in [1.807, 2.05) is 0 Å². The molecule has 2 aliphatic rings. The van der Waals surface area contributed by atoms with Crippen LogP contribution in [0.4, 0.5) is 0 Å². The van der Waals surface area contributed by atoms with E-state index in [9.17, 15) is 4.79 Å². The van der Waals surface area contributed by atoms with Gasteiger partial charge in [0, 0.05) is 18.2 Å². The summed E-state index contributed by atoms with van der Waals surface area (Å²) in [5.74, 6) is 0.253. The predicted octanol–water partition coefficient (Wildman–Crippen LogP) is -0.406. The SMILES string of the molecule is C[NH+]1CCN(NC2=CC(=O)CC(C)(C)C2)CC1. The molecule has 0 bridgehead atoms. The van der Waals surface area contributed by atoms with Gasteiger partial charge in [0.05, 0.1) is 33.2 Å². The molecule has 1 fully saturated rings.